The van der Waals surface area contributed by atoms with Crippen molar-refractivity contribution in [2.75, 3.05) is 18.4 Å². The Hall–Kier alpha value is -3.82. The number of hydrogen-bond acceptors (Lipinski definition) is 8. The molecule has 1 fully saturated rings. The zero-order chi connectivity index (χ0) is 27.8. The van der Waals surface area contributed by atoms with Crippen molar-refractivity contribution >= 4 is 41.5 Å². The van der Waals surface area contributed by atoms with E-state index in [1.807, 2.05) is 30.3 Å². The smallest absolute Gasteiger partial charge is 0.388 e. The first kappa shape index (κ1) is 26.8. The summed E-state index contributed by atoms with van der Waals surface area (Å²) < 4.78 is 40.0. The highest BCUT2D eigenvalue weighted by atomic mass is 32.1. The Labute approximate surface area is 224 Å². The Balaban J connectivity index is 1.25. The maximum Gasteiger partial charge on any atom is 0.441 e. The van der Waals surface area contributed by atoms with Crippen LogP contribution in [0.3, 0.4) is 0 Å². The van der Waals surface area contributed by atoms with Crippen molar-refractivity contribution in [2.45, 2.75) is 31.2 Å². The van der Waals surface area contributed by atoms with Crippen LogP contribution >= 0.6 is 11.3 Å². The Morgan fingerprint density at radius 3 is 2.59 bits per heavy atom. The Morgan fingerprint density at radius 2 is 1.90 bits per heavy atom. The molecule has 1 aromatic carbocycles. The van der Waals surface area contributed by atoms with Crippen LogP contribution in [0.2, 0.25) is 0 Å². The molecule has 1 amide bonds. The van der Waals surface area contributed by atoms with Gasteiger partial charge in [-0.1, -0.05) is 30.3 Å². The first-order valence-electron chi connectivity index (χ1n) is 11.8. The van der Waals surface area contributed by atoms with Gasteiger partial charge in [0.1, 0.15) is 22.5 Å². The third kappa shape index (κ3) is 5.94. The van der Waals surface area contributed by atoms with E-state index in [-0.39, 0.29) is 43.7 Å². The molecule has 5 rings (SSSR count). The third-order valence-electron chi connectivity index (χ3n) is 6.38. The van der Waals surface area contributed by atoms with Crippen LogP contribution < -0.4 is 10.9 Å². The van der Waals surface area contributed by atoms with E-state index in [1.54, 1.807) is 5.38 Å². The van der Waals surface area contributed by atoms with Crippen LogP contribution in [0.15, 0.2) is 59.1 Å². The number of benzene rings is 1. The number of alkyl halides is 3. The van der Waals surface area contributed by atoms with Crippen LogP contribution in [-0.2, 0) is 11.3 Å². The minimum Gasteiger partial charge on any atom is -0.388 e. The van der Waals surface area contributed by atoms with E-state index in [0.717, 1.165) is 5.56 Å². The molecule has 1 aliphatic heterocycles. The maximum atomic E-state index is 13.1. The lowest BCUT2D eigenvalue weighted by Crippen LogP contribution is -2.51. The van der Waals surface area contributed by atoms with Gasteiger partial charge in [-0.2, -0.15) is 18.3 Å². The molecule has 1 aliphatic rings. The average Bonchev–Trinajstić information content (AvgIpc) is 3.55. The summed E-state index contributed by atoms with van der Waals surface area (Å²) >= 11 is 1.33. The lowest BCUT2D eigenvalue weighted by atomic mass is 9.79. The van der Waals surface area contributed by atoms with E-state index in [0.29, 0.717) is 18.1 Å². The van der Waals surface area contributed by atoms with Crippen molar-refractivity contribution in [1.82, 2.24) is 24.0 Å². The summed E-state index contributed by atoms with van der Waals surface area (Å²) in [7, 11) is 0.504. The highest BCUT2D eigenvalue weighted by Gasteiger charge is 2.41. The van der Waals surface area contributed by atoms with E-state index in [2.05, 4.69) is 15.4 Å². The number of hydrogen-bond donors (Lipinski definition) is 2. The van der Waals surface area contributed by atoms with Crippen molar-refractivity contribution in [2.24, 2.45) is 0 Å². The first-order valence-corrected chi connectivity index (χ1v) is 12.7. The second kappa shape index (κ2) is 10.4. The molecule has 0 saturated carbocycles. The summed E-state index contributed by atoms with van der Waals surface area (Å²) in [5.41, 5.74) is -2.21. The quantitative estimate of drug-likeness (QED) is 0.335. The second-order valence-corrected chi connectivity index (χ2v) is 10.1. The van der Waals surface area contributed by atoms with E-state index < -0.39 is 28.9 Å². The molecule has 1 saturated heterocycles. The number of aliphatic hydroxyl groups is 1. The number of rotatable bonds is 7. The molecule has 0 bridgehead atoms. The molecule has 3 aromatic heterocycles. The SMILES string of the molecule is O=C(Nc1cc2c(=O)n(CC3(O)CCN([B]C(=O)C(F)(F)F)CC3)cnn2c1)c1csc(-c2ccccc2)n1. The Morgan fingerprint density at radius 1 is 1.18 bits per heavy atom. The summed E-state index contributed by atoms with van der Waals surface area (Å²) in [6.45, 7) is -0.0936. The van der Waals surface area contributed by atoms with Gasteiger partial charge in [0.25, 0.3) is 11.5 Å². The third-order valence-corrected chi connectivity index (χ3v) is 7.28. The lowest BCUT2D eigenvalue weighted by Gasteiger charge is -2.38. The number of nitrogens with zero attached hydrogens (tertiary/aromatic N) is 5. The number of amides is 1. The molecular formula is C24H21BF3N6O4S. The predicted molar refractivity (Wildman–Crippen MR) is 138 cm³/mol. The zero-order valence-corrected chi connectivity index (χ0v) is 21.1. The van der Waals surface area contributed by atoms with Crippen LogP contribution in [0.4, 0.5) is 18.9 Å². The van der Waals surface area contributed by atoms with E-state index in [4.69, 9.17) is 0 Å². The fraction of sp³-hybridized carbons (Fsp3) is 0.292. The lowest BCUT2D eigenvalue weighted by molar-refractivity contribution is -0.162. The van der Waals surface area contributed by atoms with Gasteiger partial charge in [0, 0.05) is 10.9 Å². The summed E-state index contributed by atoms with van der Waals surface area (Å²) in [6.07, 6.45) is -2.13. The zero-order valence-electron chi connectivity index (χ0n) is 20.3. The van der Waals surface area contributed by atoms with Crippen molar-refractivity contribution in [3.63, 3.8) is 0 Å². The van der Waals surface area contributed by atoms with Gasteiger partial charge >= 0.3 is 13.6 Å². The maximum absolute atomic E-state index is 13.1. The van der Waals surface area contributed by atoms with Gasteiger partial charge < -0.3 is 20.0 Å². The fourth-order valence-corrected chi connectivity index (χ4v) is 5.08. The van der Waals surface area contributed by atoms with Gasteiger partial charge in [0.15, 0.2) is 0 Å². The number of thiazole rings is 1. The number of carbonyl (C=O) groups is 2. The summed E-state index contributed by atoms with van der Waals surface area (Å²) in [5, 5.41) is 20.2. The summed E-state index contributed by atoms with van der Waals surface area (Å²) in [6, 6.07) is 10.9. The topological polar surface area (TPSA) is 122 Å². The molecule has 15 heteroatoms. The summed E-state index contributed by atoms with van der Waals surface area (Å²) in [5.74, 6) is -0.452. The van der Waals surface area contributed by atoms with Crippen molar-refractivity contribution in [1.29, 1.82) is 0 Å². The number of piperidine rings is 1. The van der Waals surface area contributed by atoms with E-state index >= 15 is 0 Å². The number of halogens is 3. The largest absolute Gasteiger partial charge is 0.441 e. The highest BCUT2D eigenvalue weighted by molar-refractivity contribution is 7.13. The molecule has 0 aliphatic carbocycles. The van der Waals surface area contributed by atoms with Crippen LogP contribution in [-0.4, -0.2) is 73.0 Å². The van der Waals surface area contributed by atoms with Crippen LogP contribution in [0.1, 0.15) is 23.3 Å². The van der Waals surface area contributed by atoms with Gasteiger partial charge in [-0.15, -0.1) is 11.3 Å². The van der Waals surface area contributed by atoms with E-state index in [9.17, 15) is 32.7 Å². The monoisotopic (exact) mass is 557 g/mol. The minimum absolute atomic E-state index is 0.0205. The molecule has 39 heavy (non-hydrogen) atoms. The van der Waals surface area contributed by atoms with Crippen LogP contribution in [0.5, 0.6) is 0 Å². The van der Waals surface area contributed by atoms with Gasteiger partial charge in [0.2, 0.25) is 5.68 Å². The van der Waals surface area contributed by atoms with Crippen molar-refractivity contribution in [3.8, 4) is 10.6 Å². The number of carbonyl (C=O) groups excluding carboxylic acids is 2. The fourth-order valence-electron chi connectivity index (χ4n) is 4.28. The second-order valence-electron chi connectivity index (χ2n) is 9.23. The van der Waals surface area contributed by atoms with Gasteiger partial charge in [-0.25, -0.2) is 9.50 Å². The molecule has 1 radical (unpaired) electrons. The molecular weight excluding hydrogens is 536 g/mol. The molecule has 0 unspecified atom stereocenters. The summed E-state index contributed by atoms with van der Waals surface area (Å²) in [4.78, 5) is 42.6. The predicted octanol–water partition coefficient (Wildman–Crippen LogP) is 2.41. The first-order chi connectivity index (χ1) is 18.5. The molecule has 4 aromatic rings. The number of nitrogens with one attached hydrogen (secondary N) is 1. The number of anilines is 1. The van der Waals surface area contributed by atoms with E-state index in [1.165, 1.54) is 43.8 Å². The Bertz CT molecular complexity index is 1580. The van der Waals surface area contributed by atoms with Gasteiger partial charge in [-0.3, -0.25) is 14.2 Å². The molecule has 4 heterocycles. The van der Waals surface area contributed by atoms with Crippen molar-refractivity contribution in [3.05, 3.63) is 70.4 Å². The number of fused-ring (bicyclic) bond motifs is 1. The normalized spacial score (nSPS) is 15.8. The van der Waals surface area contributed by atoms with Crippen LogP contribution in [0, 0.1) is 0 Å². The molecule has 0 spiro atoms. The van der Waals surface area contributed by atoms with Gasteiger partial charge in [-0.05, 0) is 32.0 Å². The molecule has 0 atom stereocenters. The molecule has 201 valence electrons. The van der Waals surface area contributed by atoms with Crippen molar-refractivity contribution < 1.29 is 27.9 Å². The minimum atomic E-state index is -4.96. The molecule has 2 N–H and O–H groups in total. The standard InChI is InChI=1S/C24H21BF3N6O4S/c26-24(27,28)22(37)25-33-8-6-23(38,7-9-33)13-32-14-29-34-11-16(10-18(34)21(32)36)30-19(35)17-12-39-20(31-17)15-4-2-1-3-5-15/h1-5,10-12,14,38H,6-9,13H2,(H,30,35). The van der Waals surface area contributed by atoms with Crippen LogP contribution in [0.25, 0.3) is 16.1 Å². The number of aromatic nitrogens is 4. The van der Waals surface area contributed by atoms with Gasteiger partial charge in [0.05, 0.1) is 24.0 Å². The average molecular weight is 557 g/mol. The Kier molecular flexibility index (Phi) is 7.14. The highest BCUT2D eigenvalue weighted by Crippen LogP contribution is 2.26. The molecule has 10 nitrogen and oxygen atoms in total.